The highest BCUT2D eigenvalue weighted by molar-refractivity contribution is 7.11. The first-order chi connectivity index (χ1) is 21.2. The Morgan fingerprint density at radius 3 is 2.67 bits per heavy atom. The van der Waals surface area contributed by atoms with E-state index in [1.165, 1.54) is 49.5 Å². The van der Waals surface area contributed by atoms with E-state index in [-0.39, 0.29) is 42.4 Å². The van der Waals surface area contributed by atoms with Crippen LogP contribution in [0.5, 0.6) is 0 Å². The topological polar surface area (TPSA) is 126 Å². The molecule has 2 saturated heterocycles. The summed E-state index contributed by atoms with van der Waals surface area (Å²) in [6.07, 6.45) is 0.531. The highest BCUT2D eigenvalue weighted by Gasteiger charge is 2.61. The summed E-state index contributed by atoms with van der Waals surface area (Å²) < 4.78 is 70.3. The zero-order chi connectivity index (χ0) is 32.8. The second-order valence-electron chi connectivity index (χ2n) is 11.3. The molecule has 2 aromatic rings. The van der Waals surface area contributed by atoms with Crippen LogP contribution in [0.15, 0.2) is 40.0 Å². The third-order valence-electron chi connectivity index (χ3n) is 8.28. The van der Waals surface area contributed by atoms with Crippen LogP contribution in [0.1, 0.15) is 30.5 Å². The first-order valence-electron chi connectivity index (χ1n) is 13.7. The number of hydrogen-bond acceptors (Lipinski definition) is 11. The van der Waals surface area contributed by atoms with Crippen molar-refractivity contribution < 1.29 is 46.6 Å². The third kappa shape index (κ3) is 6.06. The Morgan fingerprint density at radius 1 is 1.31 bits per heavy atom. The van der Waals surface area contributed by atoms with Crippen LogP contribution in [0.2, 0.25) is 5.02 Å². The Labute approximate surface area is 264 Å². The number of esters is 1. The first-order valence-corrected chi connectivity index (χ1v) is 14.9. The van der Waals surface area contributed by atoms with Gasteiger partial charge in [-0.3, -0.25) is 19.5 Å². The molecule has 5 rings (SSSR count). The highest BCUT2D eigenvalue weighted by atomic mass is 35.5. The van der Waals surface area contributed by atoms with Gasteiger partial charge in [-0.2, -0.15) is 5.06 Å². The van der Waals surface area contributed by atoms with Gasteiger partial charge in [-0.25, -0.2) is 27.3 Å². The van der Waals surface area contributed by atoms with Crippen molar-refractivity contribution in [2.45, 2.75) is 44.0 Å². The molecule has 0 amide bonds. The van der Waals surface area contributed by atoms with Gasteiger partial charge in [0.05, 0.1) is 55.0 Å². The average Bonchev–Trinajstić information content (AvgIpc) is 3.73. The molecular formula is C28H30ClF4N5O6S. The summed E-state index contributed by atoms with van der Waals surface area (Å²) in [4.78, 5) is 40.9. The fourth-order valence-corrected chi connectivity index (χ4v) is 6.60. The number of aliphatic imine (C=N–C) groups is 1. The number of methoxy groups -OCH3 is 2. The molecule has 17 heteroatoms. The molecule has 0 spiro atoms. The number of amidine groups is 1. The van der Waals surface area contributed by atoms with E-state index in [0.29, 0.717) is 5.01 Å². The number of thiazole rings is 1. The van der Waals surface area contributed by atoms with Crippen molar-refractivity contribution in [2.24, 2.45) is 10.4 Å². The second kappa shape index (κ2) is 12.6. The van der Waals surface area contributed by atoms with Crippen molar-refractivity contribution >= 4 is 40.7 Å². The monoisotopic (exact) mass is 675 g/mol. The lowest BCUT2D eigenvalue weighted by atomic mass is 9.86. The van der Waals surface area contributed by atoms with E-state index < -0.39 is 70.7 Å². The summed E-state index contributed by atoms with van der Waals surface area (Å²) in [6.45, 7) is 1.48. The molecule has 3 aliphatic heterocycles. The molecule has 1 aromatic carbocycles. The maximum Gasteiger partial charge on any atom is 0.338 e. The average molecular weight is 676 g/mol. The number of carbonyl (C=O) groups is 2. The minimum absolute atomic E-state index is 0.0457. The van der Waals surface area contributed by atoms with Crippen molar-refractivity contribution in [1.29, 1.82) is 0 Å². The van der Waals surface area contributed by atoms with E-state index in [1.807, 2.05) is 0 Å². The van der Waals surface area contributed by atoms with Crippen LogP contribution in [0.25, 0.3) is 0 Å². The molecule has 244 valence electrons. The number of likely N-dealkylation sites (tertiary alicyclic amines) is 1. The van der Waals surface area contributed by atoms with Gasteiger partial charge in [0.1, 0.15) is 12.1 Å². The smallest absolute Gasteiger partial charge is 0.338 e. The van der Waals surface area contributed by atoms with Gasteiger partial charge in [-0.15, -0.1) is 11.3 Å². The van der Waals surface area contributed by atoms with Crippen LogP contribution in [0.4, 0.5) is 17.6 Å². The van der Waals surface area contributed by atoms with Crippen LogP contribution in [0.3, 0.4) is 0 Å². The SMILES string of the molecule is COC(=O)C1=C(CN2CC(F)(F)[C@H]3[C@@H]2CON3C[C@@H](OC)C(C)(C)C(=O)O)NC(c2nccs2)=N[C@H]1c1ccc(F)c(F)c1Cl. The number of fused-ring (bicyclic) bond motifs is 1. The van der Waals surface area contributed by atoms with E-state index >= 15 is 8.78 Å². The van der Waals surface area contributed by atoms with Gasteiger partial charge in [0.25, 0.3) is 5.92 Å². The maximum atomic E-state index is 15.7. The molecule has 2 N–H and O–H groups in total. The van der Waals surface area contributed by atoms with Gasteiger partial charge in [-0.05, 0) is 19.9 Å². The Hall–Kier alpha value is -3.15. The molecule has 3 aliphatic rings. The number of benzene rings is 1. The summed E-state index contributed by atoms with van der Waals surface area (Å²) in [6, 6.07) is -1.61. The van der Waals surface area contributed by atoms with Gasteiger partial charge in [0.15, 0.2) is 22.5 Å². The molecule has 0 unspecified atom stereocenters. The number of nitrogens with zero attached hydrogens (tertiary/aromatic N) is 4. The maximum absolute atomic E-state index is 15.7. The number of halogens is 5. The number of hydroxylamine groups is 2. The van der Waals surface area contributed by atoms with Crippen molar-refractivity contribution in [2.75, 3.05) is 40.5 Å². The van der Waals surface area contributed by atoms with Crippen molar-refractivity contribution in [3.05, 3.63) is 62.2 Å². The number of alkyl halides is 2. The number of carboxylic acid groups (broad SMARTS) is 1. The van der Waals surface area contributed by atoms with E-state index in [1.54, 1.807) is 5.38 Å². The number of carbonyl (C=O) groups excluding carboxylic acids is 1. The minimum atomic E-state index is -3.32. The lowest BCUT2D eigenvalue weighted by Gasteiger charge is -2.34. The van der Waals surface area contributed by atoms with Crippen LogP contribution >= 0.6 is 22.9 Å². The fraction of sp³-hybridized carbons (Fsp3) is 0.500. The zero-order valence-electron chi connectivity index (χ0n) is 24.5. The number of ether oxygens (including phenoxy) is 2. The Bertz CT molecular complexity index is 1540. The first kappa shape index (κ1) is 33.2. The highest BCUT2D eigenvalue weighted by Crippen LogP contribution is 2.43. The van der Waals surface area contributed by atoms with Crippen molar-refractivity contribution in [3.63, 3.8) is 0 Å². The molecule has 0 saturated carbocycles. The normalized spacial score (nSPS) is 24.3. The summed E-state index contributed by atoms with van der Waals surface area (Å²) in [5.74, 6) is -7.76. The van der Waals surface area contributed by atoms with Gasteiger partial charge >= 0.3 is 11.9 Å². The molecule has 4 heterocycles. The molecule has 2 fully saturated rings. The Balaban J connectivity index is 1.52. The molecule has 1 aromatic heterocycles. The third-order valence-corrected chi connectivity index (χ3v) is 9.44. The summed E-state index contributed by atoms with van der Waals surface area (Å²) in [5.41, 5.74) is -1.48. The molecular weight excluding hydrogens is 646 g/mol. The zero-order valence-corrected chi connectivity index (χ0v) is 26.1. The largest absolute Gasteiger partial charge is 0.481 e. The number of aliphatic carboxylic acids is 1. The number of aromatic nitrogens is 1. The van der Waals surface area contributed by atoms with Crippen LogP contribution in [0, 0.1) is 17.0 Å². The quantitative estimate of drug-likeness (QED) is 0.219. The number of rotatable bonds is 10. The summed E-state index contributed by atoms with van der Waals surface area (Å²) in [5, 5.41) is 15.2. The lowest BCUT2D eigenvalue weighted by Crippen LogP contribution is -2.51. The summed E-state index contributed by atoms with van der Waals surface area (Å²) >= 11 is 7.40. The van der Waals surface area contributed by atoms with Gasteiger partial charge in [-0.1, -0.05) is 17.7 Å². The van der Waals surface area contributed by atoms with Crippen molar-refractivity contribution in [1.82, 2.24) is 20.3 Å². The molecule has 0 aliphatic carbocycles. The van der Waals surface area contributed by atoms with Gasteiger partial charge in [0.2, 0.25) is 0 Å². The van der Waals surface area contributed by atoms with Crippen LogP contribution < -0.4 is 5.32 Å². The predicted molar refractivity (Wildman–Crippen MR) is 154 cm³/mol. The molecule has 0 bridgehead atoms. The van der Waals surface area contributed by atoms with Crippen LogP contribution in [-0.4, -0.2) is 102 Å². The number of carboxylic acids is 1. The van der Waals surface area contributed by atoms with E-state index in [9.17, 15) is 23.5 Å². The molecule has 45 heavy (non-hydrogen) atoms. The van der Waals surface area contributed by atoms with E-state index in [0.717, 1.165) is 18.2 Å². The Kier molecular flexibility index (Phi) is 9.28. The molecule has 4 atom stereocenters. The molecule has 11 nitrogen and oxygen atoms in total. The van der Waals surface area contributed by atoms with E-state index in [2.05, 4.69) is 15.3 Å². The van der Waals surface area contributed by atoms with E-state index in [4.69, 9.17) is 25.9 Å². The summed E-state index contributed by atoms with van der Waals surface area (Å²) in [7, 11) is 2.42. The lowest BCUT2D eigenvalue weighted by molar-refractivity contribution is -0.205. The van der Waals surface area contributed by atoms with Crippen molar-refractivity contribution in [3.8, 4) is 0 Å². The standard InChI is InChI=1S/C28H30ClF4N5O6S/c1-27(2,26(40)41)17(42-3)10-38-22-16(11-44-38)37(12-28(22,32)33)9-15-18(25(39)43-4)21(13-5-6-14(30)20(31)19(13)29)36-23(35-15)24-34-7-8-45-24/h5-8,16-17,21-22H,9-12H2,1-4H3,(H,35,36)(H,40,41)/t16-,17+,21-,22+/m0/s1. The Morgan fingerprint density at radius 2 is 2.04 bits per heavy atom. The number of nitrogens with one attached hydrogen (secondary N) is 1. The van der Waals surface area contributed by atoms with Gasteiger partial charge < -0.3 is 19.9 Å². The van der Waals surface area contributed by atoms with Crippen LogP contribution in [-0.2, 0) is 23.9 Å². The predicted octanol–water partition coefficient (Wildman–Crippen LogP) is 3.65. The minimum Gasteiger partial charge on any atom is -0.481 e. The fourth-order valence-electron chi connectivity index (χ4n) is 5.75. The molecule has 0 radical (unpaired) electrons. The second-order valence-corrected chi connectivity index (χ2v) is 12.6. The van der Waals surface area contributed by atoms with Gasteiger partial charge in [0, 0.05) is 36.5 Å². The number of hydrogen-bond donors (Lipinski definition) is 2.